The van der Waals surface area contributed by atoms with Crippen molar-refractivity contribution in [2.75, 3.05) is 45.7 Å². The first-order valence-electron chi connectivity index (χ1n) is 6.75. The van der Waals surface area contributed by atoms with E-state index < -0.39 is 0 Å². The van der Waals surface area contributed by atoms with E-state index in [2.05, 4.69) is 34.2 Å². The molecule has 1 fully saturated rings. The van der Waals surface area contributed by atoms with Crippen LogP contribution in [-0.2, 0) is 13.0 Å². The zero-order valence-corrected chi connectivity index (χ0v) is 11.8. The van der Waals surface area contributed by atoms with Crippen molar-refractivity contribution >= 4 is 5.95 Å². The first kappa shape index (κ1) is 12.6. The van der Waals surface area contributed by atoms with Gasteiger partial charge in [-0.25, -0.2) is 4.98 Å². The highest BCUT2D eigenvalue weighted by Crippen LogP contribution is 2.27. The SMILES string of the molecule is COc1nc(N2CC(N(C)C)C2)nc2c1CCNC2. The van der Waals surface area contributed by atoms with Crippen LogP contribution < -0.4 is 15.0 Å². The second kappa shape index (κ2) is 4.94. The highest BCUT2D eigenvalue weighted by atomic mass is 16.5. The summed E-state index contributed by atoms with van der Waals surface area (Å²) in [5.74, 6) is 1.55. The fourth-order valence-corrected chi connectivity index (χ4v) is 2.57. The predicted octanol–water partition coefficient (Wildman–Crippen LogP) is -0.119. The van der Waals surface area contributed by atoms with Crippen LogP contribution in [0, 0.1) is 0 Å². The van der Waals surface area contributed by atoms with Crippen LogP contribution >= 0.6 is 0 Å². The van der Waals surface area contributed by atoms with Crippen molar-refractivity contribution in [2.45, 2.75) is 19.0 Å². The second-order valence-electron chi connectivity index (χ2n) is 5.41. The number of aromatic nitrogens is 2. The van der Waals surface area contributed by atoms with E-state index in [-0.39, 0.29) is 0 Å². The van der Waals surface area contributed by atoms with E-state index in [1.165, 1.54) is 0 Å². The van der Waals surface area contributed by atoms with Crippen molar-refractivity contribution in [3.05, 3.63) is 11.3 Å². The largest absolute Gasteiger partial charge is 0.481 e. The molecular weight excluding hydrogens is 242 g/mol. The molecule has 0 radical (unpaired) electrons. The van der Waals surface area contributed by atoms with Gasteiger partial charge in [0, 0.05) is 31.2 Å². The first-order valence-corrected chi connectivity index (χ1v) is 6.75. The Kier molecular flexibility index (Phi) is 3.28. The number of likely N-dealkylation sites (N-methyl/N-ethyl adjacent to an activating group) is 1. The fourth-order valence-electron chi connectivity index (χ4n) is 2.57. The molecule has 19 heavy (non-hydrogen) atoms. The van der Waals surface area contributed by atoms with Crippen molar-refractivity contribution in [3.8, 4) is 5.88 Å². The molecule has 3 heterocycles. The van der Waals surface area contributed by atoms with Crippen molar-refractivity contribution in [3.63, 3.8) is 0 Å². The predicted molar refractivity (Wildman–Crippen MR) is 73.7 cm³/mol. The number of methoxy groups -OCH3 is 1. The van der Waals surface area contributed by atoms with Gasteiger partial charge in [0.25, 0.3) is 0 Å². The summed E-state index contributed by atoms with van der Waals surface area (Å²) in [4.78, 5) is 13.7. The third kappa shape index (κ3) is 2.26. The molecule has 0 aliphatic carbocycles. The van der Waals surface area contributed by atoms with Crippen molar-refractivity contribution in [1.82, 2.24) is 20.2 Å². The lowest BCUT2D eigenvalue weighted by Gasteiger charge is -2.43. The van der Waals surface area contributed by atoms with Crippen LogP contribution in [0.2, 0.25) is 0 Å². The topological polar surface area (TPSA) is 53.5 Å². The highest BCUT2D eigenvalue weighted by molar-refractivity contribution is 5.43. The quantitative estimate of drug-likeness (QED) is 0.820. The molecule has 6 heteroatoms. The summed E-state index contributed by atoms with van der Waals surface area (Å²) in [5, 5.41) is 3.35. The standard InChI is InChI=1S/C13H21N5O/c1-17(2)9-7-18(8-9)13-15-11-6-14-5-4-10(11)12(16-13)19-3/h9,14H,4-8H2,1-3H3. The molecule has 3 rings (SSSR count). The summed E-state index contributed by atoms with van der Waals surface area (Å²) in [6.07, 6.45) is 0.944. The van der Waals surface area contributed by atoms with E-state index in [1.807, 2.05) is 0 Å². The highest BCUT2D eigenvalue weighted by Gasteiger charge is 2.31. The third-order valence-electron chi connectivity index (χ3n) is 3.96. The molecule has 1 aromatic heterocycles. The van der Waals surface area contributed by atoms with Crippen molar-refractivity contribution < 1.29 is 4.74 Å². The Labute approximate surface area is 113 Å². The van der Waals surface area contributed by atoms with Gasteiger partial charge in [-0.3, -0.25) is 0 Å². The van der Waals surface area contributed by atoms with Gasteiger partial charge in [-0.1, -0.05) is 0 Å². The van der Waals surface area contributed by atoms with Crippen LogP contribution in [0.4, 0.5) is 5.95 Å². The van der Waals surface area contributed by atoms with E-state index in [0.29, 0.717) is 6.04 Å². The maximum absolute atomic E-state index is 5.43. The number of hydrogen-bond donors (Lipinski definition) is 1. The monoisotopic (exact) mass is 263 g/mol. The molecule has 1 aromatic rings. The molecule has 1 saturated heterocycles. The fraction of sp³-hybridized carbons (Fsp3) is 0.692. The number of anilines is 1. The molecule has 1 N–H and O–H groups in total. The minimum Gasteiger partial charge on any atom is -0.481 e. The summed E-state index contributed by atoms with van der Waals surface area (Å²) >= 11 is 0. The van der Waals surface area contributed by atoms with Gasteiger partial charge in [-0.05, 0) is 27.1 Å². The Morgan fingerprint density at radius 2 is 2.11 bits per heavy atom. The second-order valence-corrected chi connectivity index (χ2v) is 5.41. The molecule has 0 atom stereocenters. The lowest BCUT2D eigenvalue weighted by atomic mass is 10.1. The Balaban J connectivity index is 1.83. The van der Waals surface area contributed by atoms with E-state index in [4.69, 9.17) is 9.72 Å². The van der Waals surface area contributed by atoms with E-state index in [0.717, 1.165) is 55.7 Å². The smallest absolute Gasteiger partial charge is 0.229 e. The number of ether oxygens (including phenoxy) is 1. The minimum absolute atomic E-state index is 0.601. The summed E-state index contributed by atoms with van der Waals surface area (Å²) in [6.45, 7) is 3.76. The molecule has 6 nitrogen and oxygen atoms in total. The molecule has 2 aliphatic rings. The van der Waals surface area contributed by atoms with Crippen molar-refractivity contribution in [2.24, 2.45) is 0 Å². The molecule has 0 saturated carbocycles. The van der Waals surface area contributed by atoms with E-state index in [9.17, 15) is 0 Å². The zero-order valence-electron chi connectivity index (χ0n) is 11.8. The van der Waals surface area contributed by atoms with Crippen LogP contribution in [0.3, 0.4) is 0 Å². The third-order valence-corrected chi connectivity index (χ3v) is 3.96. The Bertz CT molecular complexity index is 453. The summed E-state index contributed by atoms with van der Waals surface area (Å²) < 4.78 is 5.43. The number of rotatable bonds is 3. The van der Waals surface area contributed by atoms with Crippen LogP contribution in [0.15, 0.2) is 0 Å². The number of fused-ring (bicyclic) bond motifs is 1. The van der Waals surface area contributed by atoms with E-state index in [1.54, 1.807) is 7.11 Å². The van der Waals surface area contributed by atoms with Gasteiger partial charge in [-0.2, -0.15) is 4.98 Å². The van der Waals surface area contributed by atoms with Gasteiger partial charge in [0.05, 0.1) is 12.8 Å². The molecule has 0 amide bonds. The lowest BCUT2D eigenvalue weighted by Crippen LogP contribution is -2.58. The lowest BCUT2D eigenvalue weighted by molar-refractivity contribution is 0.244. The number of nitrogens with zero attached hydrogens (tertiary/aromatic N) is 4. The Morgan fingerprint density at radius 1 is 1.32 bits per heavy atom. The average molecular weight is 263 g/mol. The van der Waals surface area contributed by atoms with E-state index >= 15 is 0 Å². The van der Waals surface area contributed by atoms with Gasteiger partial charge in [-0.15, -0.1) is 0 Å². The summed E-state index contributed by atoms with van der Waals surface area (Å²) in [5.41, 5.74) is 2.25. The van der Waals surface area contributed by atoms with Gasteiger partial charge in [0.15, 0.2) is 0 Å². The molecule has 2 aliphatic heterocycles. The maximum Gasteiger partial charge on any atom is 0.229 e. The molecular formula is C13H21N5O. The van der Waals surface area contributed by atoms with Gasteiger partial charge >= 0.3 is 0 Å². The van der Waals surface area contributed by atoms with Crippen molar-refractivity contribution in [1.29, 1.82) is 0 Å². The summed E-state index contributed by atoms with van der Waals surface area (Å²) in [7, 11) is 5.91. The number of nitrogens with one attached hydrogen (secondary N) is 1. The van der Waals surface area contributed by atoms with Gasteiger partial charge < -0.3 is 19.9 Å². The summed E-state index contributed by atoms with van der Waals surface area (Å²) in [6, 6.07) is 0.601. The zero-order chi connectivity index (χ0) is 13.4. The van der Waals surface area contributed by atoms with Crippen LogP contribution in [-0.4, -0.2) is 61.7 Å². The van der Waals surface area contributed by atoms with Crippen LogP contribution in [0.25, 0.3) is 0 Å². The normalized spacial score (nSPS) is 19.3. The number of hydrogen-bond acceptors (Lipinski definition) is 6. The van der Waals surface area contributed by atoms with Crippen LogP contribution in [0.5, 0.6) is 5.88 Å². The Hall–Kier alpha value is -1.40. The molecule has 0 unspecified atom stereocenters. The maximum atomic E-state index is 5.43. The molecule has 0 bridgehead atoms. The minimum atomic E-state index is 0.601. The molecule has 0 spiro atoms. The first-order chi connectivity index (χ1) is 9.19. The Morgan fingerprint density at radius 3 is 2.79 bits per heavy atom. The average Bonchev–Trinajstić information content (AvgIpc) is 2.35. The molecule has 104 valence electrons. The van der Waals surface area contributed by atoms with Gasteiger partial charge in [0.2, 0.25) is 11.8 Å². The van der Waals surface area contributed by atoms with Crippen LogP contribution in [0.1, 0.15) is 11.3 Å². The molecule has 0 aromatic carbocycles. The van der Waals surface area contributed by atoms with Gasteiger partial charge in [0.1, 0.15) is 0 Å².